The van der Waals surface area contributed by atoms with Crippen LogP contribution in [0.25, 0.3) is 0 Å². The monoisotopic (exact) mass is 243 g/mol. The van der Waals surface area contributed by atoms with Gasteiger partial charge in [0.15, 0.2) is 5.15 Å². The number of nitrogens with one attached hydrogen (secondary N) is 3. The Bertz CT molecular complexity index is 380. The van der Waals surface area contributed by atoms with Crippen LogP contribution in [0.2, 0.25) is 5.15 Å². The third-order valence-corrected chi connectivity index (χ3v) is 2.52. The van der Waals surface area contributed by atoms with E-state index in [1.54, 1.807) is 14.0 Å². The molecule has 0 saturated carbocycles. The van der Waals surface area contributed by atoms with E-state index >= 15 is 0 Å². The molecule has 2 rings (SSSR count). The van der Waals surface area contributed by atoms with Gasteiger partial charge in [-0.25, -0.2) is 4.98 Å². The van der Waals surface area contributed by atoms with Crippen molar-refractivity contribution >= 4 is 17.3 Å². The zero-order valence-corrected chi connectivity index (χ0v) is 9.93. The molecule has 0 radical (unpaired) electrons. The number of aryl methyl sites for hydroxylation is 1. The van der Waals surface area contributed by atoms with Crippen molar-refractivity contribution in [3.8, 4) is 5.88 Å². The first-order valence-electron chi connectivity index (χ1n) is 5.02. The van der Waals surface area contributed by atoms with Crippen molar-refractivity contribution in [3.63, 3.8) is 0 Å². The number of anilines is 1. The van der Waals surface area contributed by atoms with Crippen LogP contribution in [0.5, 0.6) is 5.88 Å². The van der Waals surface area contributed by atoms with Crippen molar-refractivity contribution in [2.75, 3.05) is 25.5 Å². The molecule has 0 aliphatic carbocycles. The molecule has 6 nitrogen and oxygen atoms in total. The molecule has 1 aromatic rings. The second-order valence-electron chi connectivity index (χ2n) is 3.43. The van der Waals surface area contributed by atoms with Crippen molar-refractivity contribution in [2.24, 2.45) is 0 Å². The predicted molar refractivity (Wildman–Crippen MR) is 61.7 cm³/mol. The third-order valence-electron chi connectivity index (χ3n) is 2.25. The first-order chi connectivity index (χ1) is 7.70. The Hall–Kier alpha value is -1.11. The van der Waals surface area contributed by atoms with Crippen molar-refractivity contribution < 1.29 is 4.74 Å². The molecule has 88 valence electrons. The van der Waals surface area contributed by atoms with Crippen molar-refractivity contribution in [3.05, 3.63) is 11.0 Å². The molecule has 0 aromatic carbocycles. The Morgan fingerprint density at radius 1 is 1.38 bits per heavy atom. The number of rotatable bonds is 3. The minimum atomic E-state index is -0.0299. The number of hydrogen-bond acceptors (Lipinski definition) is 6. The van der Waals surface area contributed by atoms with Gasteiger partial charge in [0.25, 0.3) is 0 Å². The average molecular weight is 244 g/mol. The topological polar surface area (TPSA) is 71.1 Å². The number of aromatic nitrogens is 2. The molecule has 1 saturated heterocycles. The molecular formula is C9H14ClN5O. The average Bonchev–Trinajstić information content (AvgIpc) is 2.74. The van der Waals surface area contributed by atoms with E-state index in [2.05, 4.69) is 25.9 Å². The van der Waals surface area contributed by atoms with Gasteiger partial charge in [-0.05, 0) is 6.92 Å². The van der Waals surface area contributed by atoms with Crippen molar-refractivity contribution in [1.29, 1.82) is 0 Å². The van der Waals surface area contributed by atoms with E-state index in [9.17, 15) is 0 Å². The molecule has 2 heterocycles. The number of hydrogen-bond donors (Lipinski definition) is 3. The third kappa shape index (κ3) is 2.34. The van der Waals surface area contributed by atoms with Gasteiger partial charge in [0.2, 0.25) is 5.88 Å². The Morgan fingerprint density at radius 2 is 2.06 bits per heavy atom. The van der Waals surface area contributed by atoms with Crippen LogP contribution in [0, 0.1) is 6.92 Å². The number of halogens is 1. The molecule has 16 heavy (non-hydrogen) atoms. The van der Waals surface area contributed by atoms with Crippen LogP contribution in [-0.2, 0) is 0 Å². The molecule has 1 aromatic heterocycles. The van der Waals surface area contributed by atoms with Gasteiger partial charge in [-0.15, -0.1) is 0 Å². The second-order valence-corrected chi connectivity index (χ2v) is 3.79. The highest BCUT2D eigenvalue weighted by Gasteiger charge is 2.18. The largest absolute Gasteiger partial charge is 0.479 e. The molecule has 1 fully saturated rings. The van der Waals surface area contributed by atoms with Crippen LogP contribution in [0.4, 0.5) is 5.69 Å². The lowest BCUT2D eigenvalue weighted by Crippen LogP contribution is -2.39. The Balaban J connectivity index is 2.23. The van der Waals surface area contributed by atoms with Crippen LogP contribution < -0.4 is 20.7 Å². The van der Waals surface area contributed by atoms with E-state index < -0.39 is 0 Å². The van der Waals surface area contributed by atoms with Gasteiger partial charge in [-0.2, -0.15) is 4.98 Å². The summed E-state index contributed by atoms with van der Waals surface area (Å²) < 4.78 is 5.16. The minimum absolute atomic E-state index is 0.0299. The van der Waals surface area contributed by atoms with Crippen LogP contribution in [0.3, 0.4) is 0 Å². The summed E-state index contributed by atoms with van der Waals surface area (Å²) in [5.41, 5.74) is 0.599. The van der Waals surface area contributed by atoms with Gasteiger partial charge in [-0.1, -0.05) is 11.6 Å². The molecule has 0 amide bonds. The minimum Gasteiger partial charge on any atom is -0.479 e. The summed E-state index contributed by atoms with van der Waals surface area (Å²) in [6.45, 7) is 3.58. The lowest BCUT2D eigenvalue weighted by Gasteiger charge is -2.17. The summed E-state index contributed by atoms with van der Waals surface area (Å²) in [4.78, 5) is 8.24. The Kier molecular flexibility index (Phi) is 3.42. The normalized spacial score (nSPS) is 16.4. The summed E-state index contributed by atoms with van der Waals surface area (Å²) in [6, 6.07) is 0. The highest BCUT2D eigenvalue weighted by atomic mass is 35.5. The second kappa shape index (κ2) is 4.82. The van der Waals surface area contributed by atoms with Gasteiger partial charge in [-0.3, -0.25) is 10.6 Å². The van der Waals surface area contributed by atoms with Crippen LogP contribution in [0.15, 0.2) is 0 Å². The molecule has 1 aliphatic rings. The lowest BCUT2D eigenvalue weighted by atomic mass is 10.4. The predicted octanol–water partition coefficient (Wildman–Crippen LogP) is 0.335. The number of nitrogens with zero attached hydrogens (tertiary/aromatic N) is 2. The van der Waals surface area contributed by atoms with Gasteiger partial charge < -0.3 is 10.1 Å². The van der Waals surface area contributed by atoms with E-state index in [0.29, 0.717) is 22.5 Å². The van der Waals surface area contributed by atoms with E-state index in [-0.39, 0.29) is 6.29 Å². The summed E-state index contributed by atoms with van der Waals surface area (Å²) in [5.74, 6) is 1.03. The van der Waals surface area contributed by atoms with E-state index in [4.69, 9.17) is 16.3 Å². The number of methoxy groups -OCH3 is 1. The van der Waals surface area contributed by atoms with Crippen molar-refractivity contribution in [2.45, 2.75) is 13.2 Å². The fraction of sp³-hybridized carbons (Fsp3) is 0.556. The molecule has 1 aliphatic heterocycles. The first kappa shape index (κ1) is 11.4. The van der Waals surface area contributed by atoms with Crippen molar-refractivity contribution in [1.82, 2.24) is 20.6 Å². The van der Waals surface area contributed by atoms with Gasteiger partial charge in [0, 0.05) is 13.1 Å². The molecular weight excluding hydrogens is 230 g/mol. The molecule has 3 N–H and O–H groups in total. The summed E-state index contributed by atoms with van der Waals surface area (Å²) in [6.07, 6.45) is -0.0299. The smallest absolute Gasteiger partial charge is 0.242 e. The Morgan fingerprint density at radius 3 is 2.69 bits per heavy atom. The molecule has 7 heteroatoms. The summed E-state index contributed by atoms with van der Waals surface area (Å²) >= 11 is 6.04. The van der Waals surface area contributed by atoms with E-state index in [1.165, 1.54) is 0 Å². The fourth-order valence-corrected chi connectivity index (χ4v) is 1.79. The summed E-state index contributed by atoms with van der Waals surface area (Å²) in [7, 11) is 1.55. The SMILES string of the molecule is COc1nc(C)nc(Cl)c1NC1NCCN1. The molecule has 0 atom stereocenters. The molecule has 0 unspecified atom stereocenters. The zero-order chi connectivity index (χ0) is 11.5. The van der Waals surface area contributed by atoms with Gasteiger partial charge in [0.1, 0.15) is 17.8 Å². The molecule has 0 spiro atoms. The Labute approximate surface area is 98.8 Å². The van der Waals surface area contributed by atoms with E-state index in [1.807, 2.05) is 0 Å². The molecule has 0 bridgehead atoms. The first-order valence-corrected chi connectivity index (χ1v) is 5.40. The highest BCUT2D eigenvalue weighted by molar-refractivity contribution is 6.32. The van der Waals surface area contributed by atoms with Crippen LogP contribution in [0.1, 0.15) is 5.82 Å². The maximum absolute atomic E-state index is 6.04. The maximum Gasteiger partial charge on any atom is 0.242 e. The lowest BCUT2D eigenvalue weighted by molar-refractivity contribution is 0.396. The van der Waals surface area contributed by atoms with Crippen LogP contribution in [-0.4, -0.2) is 36.5 Å². The van der Waals surface area contributed by atoms with Gasteiger partial charge in [0.05, 0.1) is 7.11 Å². The fourth-order valence-electron chi connectivity index (χ4n) is 1.53. The number of ether oxygens (including phenoxy) is 1. The highest BCUT2D eigenvalue weighted by Crippen LogP contribution is 2.29. The quantitative estimate of drug-likeness (QED) is 0.665. The zero-order valence-electron chi connectivity index (χ0n) is 9.17. The van der Waals surface area contributed by atoms with Crippen LogP contribution >= 0.6 is 11.6 Å². The maximum atomic E-state index is 6.04. The standard InChI is InChI=1S/C9H14ClN5O/c1-5-13-7(10)6(8(14-5)16-2)15-9-11-3-4-12-9/h9,11-12,15H,3-4H2,1-2H3. The van der Waals surface area contributed by atoms with Gasteiger partial charge >= 0.3 is 0 Å². The van der Waals surface area contributed by atoms with E-state index in [0.717, 1.165) is 13.1 Å². The summed E-state index contributed by atoms with van der Waals surface area (Å²) in [5, 5.41) is 9.93.